The molecule has 0 aliphatic carbocycles. The van der Waals surface area contributed by atoms with Crippen molar-refractivity contribution in [2.45, 2.75) is 0 Å². The summed E-state index contributed by atoms with van der Waals surface area (Å²) in [6, 6.07) is 0. The highest BCUT2D eigenvalue weighted by Crippen LogP contribution is 2.13. The van der Waals surface area contributed by atoms with Crippen LogP contribution in [-0.4, -0.2) is 11.4 Å². The molecule has 0 rings (SSSR count). The number of thiol groups is 1. The molecule has 0 aromatic carbocycles. The number of hydrogen-bond donors (Lipinski definition) is 2. The van der Waals surface area contributed by atoms with Gasteiger partial charge in [0.1, 0.15) is 0 Å². The van der Waals surface area contributed by atoms with Gasteiger partial charge in [0.25, 0.3) is 0 Å². The third-order valence-corrected chi connectivity index (χ3v) is 1.55. The van der Waals surface area contributed by atoms with Crippen molar-refractivity contribution in [1.29, 1.82) is 0 Å². The second kappa shape index (κ2) is 5.55. The average molecular weight is 182 g/mol. The highest BCUT2D eigenvalue weighted by atomic mass is 32.1. The van der Waals surface area contributed by atoms with E-state index in [4.69, 9.17) is 5.73 Å². The van der Waals surface area contributed by atoms with Crippen molar-refractivity contribution in [3.8, 4) is 0 Å². The molecule has 0 heterocycles. The van der Waals surface area contributed by atoms with Gasteiger partial charge in [-0.3, -0.25) is 0 Å². The van der Waals surface area contributed by atoms with Crippen molar-refractivity contribution >= 4 is 12.8 Å². The monoisotopic (exact) mass is 182 g/mol. The smallest absolute Gasteiger partial charge is 0.0550 e. The summed E-state index contributed by atoms with van der Waals surface area (Å²) in [7, 11) is 1.81. The van der Waals surface area contributed by atoms with Crippen LogP contribution in [0.5, 0.6) is 0 Å². The lowest BCUT2D eigenvalue weighted by molar-refractivity contribution is 0.732. The van der Waals surface area contributed by atoms with E-state index in [0.29, 0.717) is 0 Å². The summed E-state index contributed by atoms with van der Waals surface area (Å²) >= 11 is 4.15. The molecule has 0 aromatic rings. The van der Waals surface area contributed by atoms with E-state index in [1.54, 1.807) is 22.5 Å². The van der Waals surface area contributed by atoms with Gasteiger partial charge in [-0.2, -0.15) is 0 Å². The van der Waals surface area contributed by atoms with Gasteiger partial charge in [-0.05, 0) is 17.8 Å². The van der Waals surface area contributed by atoms with Crippen molar-refractivity contribution in [3.63, 3.8) is 0 Å². The molecule has 0 radical (unpaired) electrons. The van der Waals surface area contributed by atoms with E-state index in [2.05, 4.69) is 26.0 Å². The first-order chi connectivity index (χ1) is 5.67. The lowest BCUT2D eigenvalue weighted by atomic mass is 10.2. The van der Waals surface area contributed by atoms with Gasteiger partial charge in [0, 0.05) is 7.05 Å². The SMILES string of the molecule is C=CC(C=C)=C(/C=C\N)N(C)S. The van der Waals surface area contributed by atoms with Crippen LogP contribution in [0.3, 0.4) is 0 Å². The fourth-order valence-electron chi connectivity index (χ4n) is 0.775. The number of allylic oxidation sites excluding steroid dienone is 4. The van der Waals surface area contributed by atoms with Gasteiger partial charge in [-0.15, -0.1) is 0 Å². The Morgan fingerprint density at radius 3 is 2.17 bits per heavy atom. The van der Waals surface area contributed by atoms with Crippen molar-refractivity contribution in [2.24, 2.45) is 5.73 Å². The van der Waals surface area contributed by atoms with E-state index in [-0.39, 0.29) is 0 Å². The van der Waals surface area contributed by atoms with Gasteiger partial charge >= 0.3 is 0 Å². The molecular weight excluding hydrogens is 168 g/mol. The molecule has 3 heteroatoms. The molecule has 2 N–H and O–H groups in total. The van der Waals surface area contributed by atoms with Crippen molar-refractivity contribution in [1.82, 2.24) is 4.31 Å². The maximum absolute atomic E-state index is 5.27. The molecule has 0 unspecified atom stereocenters. The van der Waals surface area contributed by atoms with Crippen LogP contribution in [0.4, 0.5) is 0 Å². The lowest BCUT2D eigenvalue weighted by Gasteiger charge is -2.13. The fraction of sp³-hybridized carbons (Fsp3) is 0.111. The van der Waals surface area contributed by atoms with Crippen LogP contribution in [0.1, 0.15) is 0 Å². The normalized spacial score (nSPS) is 9.50. The second-order valence-electron chi connectivity index (χ2n) is 2.13. The summed E-state index contributed by atoms with van der Waals surface area (Å²) in [5.41, 5.74) is 7.03. The number of rotatable bonds is 4. The van der Waals surface area contributed by atoms with Crippen molar-refractivity contribution < 1.29 is 0 Å². The van der Waals surface area contributed by atoms with Gasteiger partial charge in [0.05, 0.1) is 5.70 Å². The summed E-state index contributed by atoms with van der Waals surface area (Å²) in [5, 5.41) is 0. The fourth-order valence-corrected chi connectivity index (χ4v) is 0.957. The zero-order valence-electron chi connectivity index (χ0n) is 7.20. The van der Waals surface area contributed by atoms with E-state index < -0.39 is 0 Å². The van der Waals surface area contributed by atoms with Crippen LogP contribution in [-0.2, 0) is 0 Å². The minimum Gasteiger partial charge on any atom is -0.405 e. The zero-order valence-corrected chi connectivity index (χ0v) is 8.09. The summed E-state index contributed by atoms with van der Waals surface area (Å²) < 4.78 is 1.65. The Balaban J connectivity index is 5.01. The molecule has 66 valence electrons. The first-order valence-electron chi connectivity index (χ1n) is 3.47. The Morgan fingerprint density at radius 2 is 1.92 bits per heavy atom. The number of nitrogens with two attached hydrogens (primary N) is 1. The van der Waals surface area contributed by atoms with Gasteiger partial charge in [-0.1, -0.05) is 38.1 Å². The molecule has 0 spiro atoms. The molecule has 0 bridgehead atoms. The van der Waals surface area contributed by atoms with Crippen LogP contribution in [0, 0.1) is 0 Å². The molecule has 0 amide bonds. The van der Waals surface area contributed by atoms with Gasteiger partial charge in [0.15, 0.2) is 0 Å². The Hall–Kier alpha value is -1.09. The topological polar surface area (TPSA) is 29.3 Å². The molecule has 2 nitrogen and oxygen atoms in total. The predicted octanol–water partition coefficient (Wildman–Crippen LogP) is 1.86. The first kappa shape index (κ1) is 10.9. The Kier molecular flexibility index (Phi) is 5.04. The van der Waals surface area contributed by atoms with Crippen molar-refractivity contribution in [2.75, 3.05) is 7.05 Å². The van der Waals surface area contributed by atoms with Crippen LogP contribution in [0.25, 0.3) is 0 Å². The van der Waals surface area contributed by atoms with E-state index >= 15 is 0 Å². The molecule has 12 heavy (non-hydrogen) atoms. The Labute approximate surface area is 79.3 Å². The predicted molar refractivity (Wildman–Crippen MR) is 57.5 cm³/mol. The molecule has 0 saturated heterocycles. The molecular formula is C9H14N2S. The second-order valence-corrected chi connectivity index (χ2v) is 2.73. The van der Waals surface area contributed by atoms with Gasteiger partial charge < -0.3 is 10.0 Å². The van der Waals surface area contributed by atoms with E-state index in [1.165, 1.54) is 6.20 Å². The summed E-state index contributed by atoms with van der Waals surface area (Å²) in [6.45, 7) is 7.31. The maximum Gasteiger partial charge on any atom is 0.0550 e. The minimum absolute atomic E-state index is 0.867. The van der Waals surface area contributed by atoms with Crippen molar-refractivity contribution in [3.05, 3.63) is 48.9 Å². The number of hydrogen-bond acceptors (Lipinski definition) is 3. The van der Waals surface area contributed by atoms with Gasteiger partial charge in [-0.25, -0.2) is 0 Å². The third-order valence-electron chi connectivity index (χ3n) is 1.34. The van der Waals surface area contributed by atoms with E-state index in [0.717, 1.165) is 11.3 Å². The largest absolute Gasteiger partial charge is 0.405 e. The molecule has 0 atom stereocenters. The number of nitrogens with zero attached hydrogens (tertiary/aromatic N) is 1. The zero-order chi connectivity index (χ0) is 9.56. The Morgan fingerprint density at radius 1 is 1.42 bits per heavy atom. The lowest BCUT2D eigenvalue weighted by Crippen LogP contribution is -2.05. The minimum atomic E-state index is 0.867. The van der Waals surface area contributed by atoms with Gasteiger partial charge in [0.2, 0.25) is 0 Å². The summed E-state index contributed by atoms with van der Waals surface area (Å²) in [6.07, 6.45) is 6.60. The number of likely N-dealkylation sites (N-methyl/N-ethyl adjacent to an activating group) is 1. The summed E-state index contributed by atoms with van der Waals surface area (Å²) in [5.74, 6) is 0. The molecule has 0 fully saturated rings. The van der Waals surface area contributed by atoms with E-state index in [1.807, 2.05) is 7.05 Å². The van der Waals surface area contributed by atoms with Crippen LogP contribution in [0.2, 0.25) is 0 Å². The molecule has 0 aliphatic rings. The third kappa shape index (κ3) is 2.88. The summed E-state index contributed by atoms with van der Waals surface area (Å²) in [4.78, 5) is 0. The first-order valence-corrected chi connectivity index (χ1v) is 3.87. The van der Waals surface area contributed by atoms with Crippen LogP contribution in [0.15, 0.2) is 48.9 Å². The highest BCUT2D eigenvalue weighted by Gasteiger charge is 1.99. The quantitative estimate of drug-likeness (QED) is 0.513. The van der Waals surface area contributed by atoms with Crippen LogP contribution < -0.4 is 5.73 Å². The molecule has 0 aliphatic heterocycles. The molecule has 0 aromatic heterocycles. The van der Waals surface area contributed by atoms with Crippen LogP contribution >= 0.6 is 12.8 Å². The average Bonchev–Trinajstić information content (AvgIpc) is 2.05. The molecule has 0 saturated carbocycles. The highest BCUT2D eigenvalue weighted by molar-refractivity contribution is 7.77. The van der Waals surface area contributed by atoms with E-state index in [9.17, 15) is 0 Å². The Bertz CT molecular complexity index is 217. The maximum atomic E-state index is 5.27. The standard InChI is InChI=1S/C9H14N2S/c1-4-8(5-2)9(6-7-10)11(3)12/h4-7,12H,1-2,10H2,3H3/b7-6-.